The Labute approximate surface area is 140 Å². The van der Waals surface area contributed by atoms with Gasteiger partial charge in [-0.1, -0.05) is 33.6 Å². The molecule has 0 heterocycles. The third kappa shape index (κ3) is 7.23. The van der Waals surface area contributed by atoms with Gasteiger partial charge in [-0.2, -0.15) is 0 Å². The number of hydrogen-bond donors (Lipinski definition) is 2. The summed E-state index contributed by atoms with van der Waals surface area (Å²) >= 11 is 0. The highest BCUT2D eigenvalue weighted by Crippen LogP contribution is 2.40. The number of aliphatic carboxylic acids is 1. The van der Waals surface area contributed by atoms with Gasteiger partial charge in [-0.05, 0) is 57.3 Å². The zero-order chi connectivity index (χ0) is 17.8. The Hall–Kier alpha value is -1.26. The summed E-state index contributed by atoms with van der Waals surface area (Å²) in [4.78, 5) is 23.2. The molecule has 1 amide bonds. The molecule has 1 aliphatic rings. The maximum Gasteiger partial charge on any atom is 0.408 e. The van der Waals surface area contributed by atoms with Gasteiger partial charge in [0.2, 0.25) is 0 Å². The van der Waals surface area contributed by atoms with Crippen LogP contribution >= 0.6 is 0 Å². The van der Waals surface area contributed by atoms with Crippen LogP contribution in [0.4, 0.5) is 4.79 Å². The molecule has 1 aliphatic carbocycles. The van der Waals surface area contributed by atoms with Crippen LogP contribution in [-0.4, -0.2) is 28.8 Å². The second-order valence-corrected chi connectivity index (χ2v) is 8.86. The molecule has 0 radical (unpaired) electrons. The molecule has 0 aliphatic heterocycles. The van der Waals surface area contributed by atoms with E-state index in [0.717, 1.165) is 25.7 Å². The average molecular weight is 327 g/mol. The van der Waals surface area contributed by atoms with Gasteiger partial charge < -0.3 is 15.2 Å². The number of alkyl carbamates (subject to hydrolysis) is 1. The lowest BCUT2D eigenvalue weighted by Crippen LogP contribution is -2.44. The maximum atomic E-state index is 11.8. The van der Waals surface area contributed by atoms with E-state index in [1.165, 1.54) is 0 Å². The van der Waals surface area contributed by atoms with E-state index in [-0.39, 0.29) is 0 Å². The minimum Gasteiger partial charge on any atom is -0.480 e. The van der Waals surface area contributed by atoms with Crippen LogP contribution in [0, 0.1) is 17.3 Å². The van der Waals surface area contributed by atoms with Crippen molar-refractivity contribution in [2.75, 3.05) is 0 Å². The Kier molecular flexibility index (Phi) is 6.49. The van der Waals surface area contributed by atoms with Crippen molar-refractivity contribution in [2.45, 2.75) is 85.3 Å². The van der Waals surface area contributed by atoms with E-state index in [0.29, 0.717) is 23.7 Å². The Balaban J connectivity index is 2.52. The summed E-state index contributed by atoms with van der Waals surface area (Å²) in [5.41, 5.74) is -0.316. The molecule has 0 saturated heterocycles. The molecule has 0 bridgehead atoms. The fraction of sp³-hybridized carbons (Fsp3) is 0.889. The number of carboxylic acid groups (broad SMARTS) is 1. The molecule has 0 unspecified atom stereocenters. The molecule has 2 N–H and O–H groups in total. The van der Waals surface area contributed by atoms with Crippen molar-refractivity contribution in [3.63, 3.8) is 0 Å². The number of amides is 1. The van der Waals surface area contributed by atoms with Gasteiger partial charge in [0.15, 0.2) is 0 Å². The molecule has 1 rings (SSSR count). The first kappa shape index (κ1) is 19.8. The molecule has 0 aromatic heterocycles. The van der Waals surface area contributed by atoms with Crippen LogP contribution in [0.5, 0.6) is 0 Å². The lowest BCUT2D eigenvalue weighted by molar-refractivity contribution is -0.140. The number of ether oxygens (including phenoxy) is 1. The standard InChI is InChI=1S/C18H33NO4/c1-17(2,3)13-9-7-12(8-10-13)11-14(15(20)21)19-16(22)23-18(4,5)6/h12-14H,7-11H2,1-6H3,(H,19,22)(H,20,21)/t12?,13?,14-/m0/s1. The van der Waals surface area contributed by atoms with E-state index in [4.69, 9.17) is 4.74 Å². The van der Waals surface area contributed by atoms with Crippen molar-refractivity contribution in [1.29, 1.82) is 0 Å². The van der Waals surface area contributed by atoms with Crippen molar-refractivity contribution in [3.05, 3.63) is 0 Å². The summed E-state index contributed by atoms with van der Waals surface area (Å²) < 4.78 is 5.16. The lowest BCUT2D eigenvalue weighted by atomic mass is 9.69. The number of hydrogen-bond acceptors (Lipinski definition) is 3. The third-order valence-corrected chi connectivity index (χ3v) is 4.63. The third-order valence-electron chi connectivity index (χ3n) is 4.63. The van der Waals surface area contributed by atoms with Crippen LogP contribution in [0.3, 0.4) is 0 Å². The van der Waals surface area contributed by atoms with Gasteiger partial charge in [-0.25, -0.2) is 9.59 Å². The van der Waals surface area contributed by atoms with Crippen LogP contribution in [0.25, 0.3) is 0 Å². The second-order valence-electron chi connectivity index (χ2n) is 8.86. The SMILES string of the molecule is CC(C)(C)OC(=O)N[C@@H](CC1CCC(C(C)(C)C)CC1)C(=O)O. The highest BCUT2D eigenvalue weighted by molar-refractivity contribution is 5.80. The lowest BCUT2D eigenvalue weighted by Gasteiger charge is -2.37. The number of carbonyl (C=O) groups is 2. The molecule has 0 aromatic rings. The van der Waals surface area contributed by atoms with E-state index >= 15 is 0 Å². The molecule has 134 valence electrons. The predicted octanol–water partition coefficient (Wildman–Crippen LogP) is 4.21. The van der Waals surface area contributed by atoms with E-state index in [2.05, 4.69) is 26.1 Å². The van der Waals surface area contributed by atoms with Gasteiger partial charge in [0, 0.05) is 0 Å². The van der Waals surface area contributed by atoms with Gasteiger partial charge >= 0.3 is 12.1 Å². The number of rotatable bonds is 4. The normalized spacial score (nSPS) is 23.9. The van der Waals surface area contributed by atoms with Crippen LogP contribution in [0.1, 0.15) is 73.6 Å². The van der Waals surface area contributed by atoms with Crippen molar-refractivity contribution in [3.8, 4) is 0 Å². The van der Waals surface area contributed by atoms with Gasteiger partial charge in [-0.15, -0.1) is 0 Å². The molecular weight excluding hydrogens is 294 g/mol. The van der Waals surface area contributed by atoms with Crippen LogP contribution in [0.2, 0.25) is 0 Å². The predicted molar refractivity (Wildman–Crippen MR) is 90.3 cm³/mol. The maximum absolute atomic E-state index is 11.8. The van der Waals surface area contributed by atoms with Crippen LogP contribution in [0.15, 0.2) is 0 Å². The van der Waals surface area contributed by atoms with Gasteiger partial charge in [0.05, 0.1) is 0 Å². The summed E-state index contributed by atoms with van der Waals surface area (Å²) in [7, 11) is 0. The molecule has 0 spiro atoms. The molecule has 0 aromatic carbocycles. The second kappa shape index (κ2) is 7.54. The summed E-state index contributed by atoms with van der Waals surface area (Å²) in [6.45, 7) is 12.1. The minimum absolute atomic E-state index is 0.311. The largest absolute Gasteiger partial charge is 0.480 e. The number of carbonyl (C=O) groups excluding carboxylic acids is 1. The Bertz CT molecular complexity index is 412. The zero-order valence-electron chi connectivity index (χ0n) is 15.4. The van der Waals surface area contributed by atoms with E-state index < -0.39 is 23.7 Å². The van der Waals surface area contributed by atoms with E-state index in [1.807, 2.05) is 0 Å². The summed E-state index contributed by atoms with van der Waals surface area (Å²) in [5, 5.41) is 11.9. The summed E-state index contributed by atoms with van der Waals surface area (Å²) in [6, 6.07) is -0.874. The first-order chi connectivity index (χ1) is 10.4. The average Bonchev–Trinajstić information content (AvgIpc) is 2.35. The zero-order valence-corrected chi connectivity index (χ0v) is 15.4. The van der Waals surface area contributed by atoms with Crippen molar-refractivity contribution < 1.29 is 19.4 Å². The molecular formula is C18H33NO4. The quantitative estimate of drug-likeness (QED) is 0.811. The molecule has 1 saturated carbocycles. The fourth-order valence-electron chi connectivity index (χ4n) is 3.27. The topological polar surface area (TPSA) is 75.6 Å². The molecule has 1 fully saturated rings. The van der Waals surface area contributed by atoms with E-state index in [9.17, 15) is 14.7 Å². The highest BCUT2D eigenvalue weighted by Gasteiger charge is 2.32. The van der Waals surface area contributed by atoms with Crippen LogP contribution in [-0.2, 0) is 9.53 Å². The van der Waals surface area contributed by atoms with E-state index in [1.54, 1.807) is 20.8 Å². The number of nitrogens with one attached hydrogen (secondary N) is 1. The summed E-state index contributed by atoms with van der Waals surface area (Å²) in [5.74, 6) is 0.0549. The van der Waals surface area contributed by atoms with Gasteiger partial charge in [0.25, 0.3) is 0 Å². The molecule has 1 atom stereocenters. The van der Waals surface area contributed by atoms with Gasteiger partial charge in [-0.3, -0.25) is 0 Å². The van der Waals surface area contributed by atoms with Crippen LogP contribution < -0.4 is 5.32 Å². The molecule has 5 nitrogen and oxygen atoms in total. The highest BCUT2D eigenvalue weighted by atomic mass is 16.6. The first-order valence-electron chi connectivity index (χ1n) is 8.61. The monoisotopic (exact) mass is 327 g/mol. The Morgan fingerprint density at radius 2 is 1.61 bits per heavy atom. The summed E-state index contributed by atoms with van der Waals surface area (Å²) in [6.07, 6.45) is 4.14. The Morgan fingerprint density at radius 1 is 1.09 bits per heavy atom. The van der Waals surface area contributed by atoms with Crippen molar-refractivity contribution in [1.82, 2.24) is 5.32 Å². The van der Waals surface area contributed by atoms with Gasteiger partial charge in [0.1, 0.15) is 11.6 Å². The fourth-order valence-corrected chi connectivity index (χ4v) is 3.27. The van der Waals surface area contributed by atoms with Crippen molar-refractivity contribution in [2.24, 2.45) is 17.3 Å². The molecule has 5 heteroatoms. The number of carboxylic acids is 1. The van der Waals surface area contributed by atoms with Crippen molar-refractivity contribution >= 4 is 12.1 Å². The molecule has 23 heavy (non-hydrogen) atoms. The minimum atomic E-state index is -0.992. The Morgan fingerprint density at radius 3 is 2.00 bits per heavy atom. The first-order valence-corrected chi connectivity index (χ1v) is 8.61. The smallest absolute Gasteiger partial charge is 0.408 e.